The summed E-state index contributed by atoms with van der Waals surface area (Å²) in [6.45, 7) is 3.41. The highest BCUT2D eigenvalue weighted by molar-refractivity contribution is 6.30. The molecule has 0 spiro atoms. The van der Waals surface area contributed by atoms with Crippen LogP contribution in [0.5, 0.6) is 0 Å². The Labute approximate surface area is 110 Å². The van der Waals surface area contributed by atoms with Crippen LogP contribution in [0.25, 0.3) is 0 Å². The van der Waals surface area contributed by atoms with Crippen LogP contribution in [0.15, 0.2) is 24.3 Å². The van der Waals surface area contributed by atoms with Crippen molar-refractivity contribution in [2.24, 2.45) is 0 Å². The van der Waals surface area contributed by atoms with E-state index in [-0.39, 0.29) is 5.54 Å². The van der Waals surface area contributed by atoms with E-state index in [0.29, 0.717) is 0 Å². The van der Waals surface area contributed by atoms with E-state index in [2.05, 4.69) is 24.4 Å². The lowest BCUT2D eigenvalue weighted by molar-refractivity contribution is 0.297. The monoisotopic (exact) mass is 251 g/mol. The zero-order valence-corrected chi connectivity index (χ0v) is 11.4. The summed E-state index contributed by atoms with van der Waals surface area (Å²) >= 11 is 5.98. The van der Waals surface area contributed by atoms with Crippen molar-refractivity contribution in [2.45, 2.75) is 51.0 Å². The summed E-state index contributed by atoms with van der Waals surface area (Å²) in [6.07, 6.45) is 7.67. The van der Waals surface area contributed by atoms with Crippen LogP contribution in [-0.4, -0.2) is 6.54 Å². The topological polar surface area (TPSA) is 12.0 Å². The molecule has 1 N–H and O–H groups in total. The van der Waals surface area contributed by atoms with E-state index in [1.54, 1.807) is 0 Å². The first kappa shape index (κ1) is 12.9. The number of benzene rings is 1. The molecule has 1 aromatic carbocycles. The van der Waals surface area contributed by atoms with Crippen LogP contribution in [0.2, 0.25) is 5.02 Å². The molecule has 0 radical (unpaired) electrons. The molecule has 0 aliphatic carbocycles. The first-order valence-electron chi connectivity index (χ1n) is 6.78. The summed E-state index contributed by atoms with van der Waals surface area (Å²) in [5.74, 6) is 0. The molecule has 0 saturated carbocycles. The molecule has 1 nitrogen and oxygen atoms in total. The van der Waals surface area contributed by atoms with Gasteiger partial charge in [-0.1, -0.05) is 49.9 Å². The third-order valence-corrected chi connectivity index (χ3v) is 4.07. The summed E-state index contributed by atoms with van der Waals surface area (Å²) in [7, 11) is 0. The van der Waals surface area contributed by atoms with Crippen LogP contribution in [0.4, 0.5) is 0 Å². The molecule has 1 saturated heterocycles. The van der Waals surface area contributed by atoms with Crippen LogP contribution in [0.1, 0.15) is 51.0 Å². The minimum Gasteiger partial charge on any atom is -0.307 e. The molecule has 1 unspecified atom stereocenters. The number of hydrogen-bond donors (Lipinski definition) is 1. The molecule has 17 heavy (non-hydrogen) atoms. The molecule has 2 rings (SSSR count). The molecule has 1 aliphatic rings. The van der Waals surface area contributed by atoms with Gasteiger partial charge in [-0.2, -0.15) is 0 Å². The molecular weight excluding hydrogens is 230 g/mol. The number of hydrogen-bond acceptors (Lipinski definition) is 1. The van der Waals surface area contributed by atoms with E-state index >= 15 is 0 Å². The fourth-order valence-electron chi connectivity index (χ4n) is 2.94. The maximum atomic E-state index is 5.98. The van der Waals surface area contributed by atoms with E-state index < -0.39 is 0 Å². The molecule has 1 aromatic rings. The van der Waals surface area contributed by atoms with Crippen molar-refractivity contribution in [2.75, 3.05) is 6.54 Å². The van der Waals surface area contributed by atoms with Crippen LogP contribution in [0.3, 0.4) is 0 Å². The average molecular weight is 252 g/mol. The summed E-state index contributed by atoms with van der Waals surface area (Å²) < 4.78 is 0. The van der Waals surface area contributed by atoms with Crippen molar-refractivity contribution >= 4 is 11.6 Å². The van der Waals surface area contributed by atoms with Crippen LogP contribution < -0.4 is 5.32 Å². The molecule has 0 amide bonds. The number of halogens is 1. The first-order chi connectivity index (χ1) is 8.27. The van der Waals surface area contributed by atoms with Gasteiger partial charge in [0.1, 0.15) is 0 Å². The Morgan fingerprint density at radius 1 is 1.18 bits per heavy atom. The van der Waals surface area contributed by atoms with Crippen LogP contribution >= 0.6 is 11.6 Å². The normalized spacial score (nSPS) is 25.5. The summed E-state index contributed by atoms with van der Waals surface area (Å²) in [6, 6.07) is 8.41. The Hall–Kier alpha value is -0.530. The van der Waals surface area contributed by atoms with E-state index in [9.17, 15) is 0 Å². The SMILES string of the molecule is CCCC1(c2ccc(Cl)cc2)CCCCCN1. The molecule has 1 heterocycles. The van der Waals surface area contributed by atoms with E-state index in [0.717, 1.165) is 11.6 Å². The second-order valence-corrected chi connectivity index (χ2v) is 5.51. The first-order valence-corrected chi connectivity index (χ1v) is 7.16. The van der Waals surface area contributed by atoms with Crippen molar-refractivity contribution in [3.8, 4) is 0 Å². The maximum Gasteiger partial charge on any atom is 0.0434 e. The predicted molar refractivity (Wildman–Crippen MR) is 74.5 cm³/mol. The zero-order chi connectivity index (χ0) is 12.1. The van der Waals surface area contributed by atoms with Gasteiger partial charge in [-0.3, -0.25) is 0 Å². The molecule has 2 heteroatoms. The highest BCUT2D eigenvalue weighted by atomic mass is 35.5. The Morgan fingerprint density at radius 2 is 1.94 bits per heavy atom. The third-order valence-electron chi connectivity index (χ3n) is 3.82. The van der Waals surface area contributed by atoms with E-state index in [4.69, 9.17) is 11.6 Å². The van der Waals surface area contributed by atoms with Crippen molar-refractivity contribution in [1.29, 1.82) is 0 Å². The van der Waals surface area contributed by atoms with Gasteiger partial charge in [-0.25, -0.2) is 0 Å². The van der Waals surface area contributed by atoms with Gasteiger partial charge in [0, 0.05) is 10.6 Å². The molecule has 1 fully saturated rings. The van der Waals surface area contributed by atoms with Crippen molar-refractivity contribution in [3.63, 3.8) is 0 Å². The van der Waals surface area contributed by atoms with Crippen LogP contribution in [0, 0.1) is 0 Å². The van der Waals surface area contributed by atoms with Gasteiger partial charge in [-0.05, 0) is 43.5 Å². The van der Waals surface area contributed by atoms with Gasteiger partial charge in [0.15, 0.2) is 0 Å². The van der Waals surface area contributed by atoms with Gasteiger partial charge >= 0.3 is 0 Å². The Balaban J connectivity index is 2.28. The maximum absolute atomic E-state index is 5.98. The lowest BCUT2D eigenvalue weighted by atomic mass is 9.82. The van der Waals surface area contributed by atoms with Crippen molar-refractivity contribution < 1.29 is 0 Å². The van der Waals surface area contributed by atoms with E-state index in [1.807, 2.05) is 12.1 Å². The fraction of sp³-hybridized carbons (Fsp3) is 0.600. The molecule has 1 atom stereocenters. The third kappa shape index (κ3) is 3.02. The highest BCUT2D eigenvalue weighted by Gasteiger charge is 2.31. The Bertz CT molecular complexity index is 336. The smallest absolute Gasteiger partial charge is 0.0434 e. The summed E-state index contributed by atoms with van der Waals surface area (Å²) in [4.78, 5) is 0. The van der Waals surface area contributed by atoms with Gasteiger partial charge in [0.2, 0.25) is 0 Å². The second-order valence-electron chi connectivity index (χ2n) is 5.08. The second kappa shape index (κ2) is 5.88. The molecule has 1 aliphatic heterocycles. The quantitative estimate of drug-likeness (QED) is 0.834. The fourth-order valence-corrected chi connectivity index (χ4v) is 3.07. The van der Waals surface area contributed by atoms with Gasteiger partial charge in [-0.15, -0.1) is 0 Å². The summed E-state index contributed by atoms with van der Waals surface area (Å²) in [5, 5.41) is 4.62. The lowest BCUT2D eigenvalue weighted by Crippen LogP contribution is -2.41. The van der Waals surface area contributed by atoms with Gasteiger partial charge < -0.3 is 5.32 Å². The lowest BCUT2D eigenvalue weighted by Gasteiger charge is -2.34. The molecule has 0 aromatic heterocycles. The van der Waals surface area contributed by atoms with Gasteiger partial charge in [0.25, 0.3) is 0 Å². The van der Waals surface area contributed by atoms with Crippen molar-refractivity contribution in [3.05, 3.63) is 34.9 Å². The average Bonchev–Trinajstić information content (AvgIpc) is 2.57. The largest absolute Gasteiger partial charge is 0.307 e. The predicted octanol–water partition coefficient (Wildman–Crippen LogP) is 4.50. The molecule has 94 valence electrons. The zero-order valence-electron chi connectivity index (χ0n) is 10.6. The minimum absolute atomic E-state index is 0.190. The number of nitrogens with one attached hydrogen (secondary N) is 1. The minimum atomic E-state index is 0.190. The van der Waals surface area contributed by atoms with Crippen molar-refractivity contribution in [1.82, 2.24) is 5.32 Å². The Kier molecular flexibility index (Phi) is 4.47. The molecular formula is C15H22ClN. The summed E-state index contributed by atoms with van der Waals surface area (Å²) in [5.41, 5.74) is 1.60. The standard InChI is InChI=1S/C15H22ClN/c1-2-10-15(11-4-3-5-12-17-15)13-6-8-14(16)9-7-13/h6-9,17H,2-5,10-12H2,1H3. The highest BCUT2D eigenvalue weighted by Crippen LogP contribution is 2.34. The molecule has 0 bridgehead atoms. The number of rotatable bonds is 3. The van der Waals surface area contributed by atoms with Crippen LogP contribution in [-0.2, 0) is 5.54 Å². The Morgan fingerprint density at radius 3 is 2.65 bits per heavy atom. The van der Waals surface area contributed by atoms with Gasteiger partial charge in [0.05, 0.1) is 0 Å². The van der Waals surface area contributed by atoms with E-state index in [1.165, 1.54) is 44.1 Å².